The quantitative estimate of drug-likeness (QED) is 0.524. The first kappa shape index (κ1) is 19.3. The highest BCUT2D eigenvalue weighted by molar-refractivity contribution is 7.87. The van der Waals surface area contributed by atoms with E-state index in [1.54, 1.807) is 13.8 Å². The lowest BCUT2D eigenvalue weighted by atomic mass is 10.1. The fourth-order valence-electron chi connectivity index (χ4n) is 2.99. The van der Waals surface area contributed by atoms with Crippen molar-refractivity contribution >= 4 is 10.1 Å². The number of rotatable bonds is 3. The number of hydrogen-bond acceptors (Lipinski definition) is 8. The smallest absolute Gasteiger partial charge is 0.348 e. The van der Waals surface area contributed by atoms with Crippen molar-refractivity contribution in [2.45, 2.75) is 75.5 Å². The van der Waals surface area contributed by atoms with Gasteiger partial charge in [-0.25, -0.2) is 0 Å². The minimum Gasteiger partial charge on any atom is -0.348 e. The van der Waals surface area contributed by atoms with E-state index >= 15 is 0 Å². The van der Waals surface area contributed by atoms with Gasteiger partial charge < -0.3 is 23.7 Å². The third-order valence-electron chi connectivity index (χ3n) is 3.95. The fourth-order valence-corrected chi connectivity index (χ4v) is 3.61. The topological polar surface area (TPSA) is 89.5 Å². The molecular formula is C13H19F3O8S. The summed E-state index contributed by atoms with van der Waals surface area (Å²) in [5.41, 5.74) is -5.57. The van der Waals surface area contributed by atoms with Gasteiger partial charge in [0.15, 0.2) is 17.9 Å². The van der Waals surface area contributed by atoms with Gasteiger partial charge >= 0.3 is 15.6 Å². The molecule has 0 bridgehead atoms. The van der Waals surface area contributed by atoms with E-state index in [2.05, 4.69) is 4.18 Å². The van der Waals surface area contributed by atoms with Crippen molar-refractivity contribution in [2.24, 2.45) is 0 Å². The molecule has 12 heteroatoms. The molecule has 0 N–H and O–H groups in total. The largest absolute Gasteiger partial charge is 0.523 e. The maximum atomic E-state index is 12.7. The third kappa shape index (κ3) is 3.66. The summed E-state index contributed by atoms with van der Waals surface area (Å²) in [6.45, 7) is 6.27. The first-order valence-corrected chi connectivity index (χ1v) is 8.94. The maximum absolute atomic E-state index is 12.7. The number of ether oxygens (including phenoxy) is 5. The maximum Gasteiger partial charge on any atom is 0.523 e. The minimum atomic E-state index is -5.86. The molecule has 0 saturated carbocycles. The molecule has 3 fully saturated rings. The first-order chi connectivity index (χ1) is 11.2. The van der Waals surface area contributed by atoms with Gasteiger partial charge in [-0.1, -0.05) is 0 Å². The Morgan fingerprint density at radius 1 is 1.00 bits per heavy atom. The summed E-state index contributed by atoms with van der Waals surface area (Å²) in [7, 11) is -5.86. The molecule has 0 aromatic carbocycles. The molecule has 3 rings (SSSR count). The lowest BCUT2D eigenvalue weighted by Gasteiger charge is -2.28. The van der Waals surface area contributed by atoms with Gasteiger partial charge in [-0.3, -0.25) is 4.18 Å². The number of hydrogen-bond donors (Lipinski definition) is 0. The molecule has 3 heterocycles. The van der Waals surface area contributed by atoms with Crippen LogP contribution < -0.4 is 0 Å². The van der Waals surface area contributed by atoms with Gasteiger partial charge in [0.2, 0.25) is 0 Å². The molecule has 0 spiro atoms. The van der Waals surface area contributed by atoms with Crippen LogP contribution in [0.5, 0.6) is 0 Å². The zero-order chi connectivity index (χ0) is 18.8. The van der Waals surface area contributed by atoms with E-state index in [4.69, 9.17) is 23.7 Å². The summed E-state index contributed by atoms with van der Waals surface area (Å²) in [5, 5.41) is 0. The monoisotopic (exact) mass is 392 g/mol. The Morgan fingerprint density at radius 3 is 2.16 bits per heavy atom. The molecule has 0 unspecified atom stereocenters. The Hall–Kier alpha value is -0.500. The first-order valence-electron chi connectivity index (χ1n) is 7.53. The van der Waals surface area contributed by atoms with E-state index in [9.17, 15) is 21.6 Å². The molecule has 0 aliphatic carbocycles. The fraction of sp³-hybridized carbons (Fsp3) is 1.00. The number of fused-ring (bicyclic) bond motifs is 1. The van der Waals surface area contributed by atoms with Crippen LogP contribution in [0, 0.1) is 0 Å². The Labute approximate surface area is 142 Å². The van der Waals surface area contributed by atoms with E-state index in [1.165, 1.54) is 13.8 Å². The summed E-state index contributed by atoms with van der Waals surface area (Å²) >= 11 is 0. The van der Waals surface area contributed by atoms with E-state index in [-0.39, 0.29) is 6.61 Å². The molecule has 5 atom stereocenters. The van der Waals surface area contributed by atoms with Gasteiger partial charge in [0.1, 0.15) is 24.4 Å². The zero-order valence-electron chi connectivity index (χ0n) is 13.9. The molecule has 0 aromatic rings. The lowest BCUT2D eigenvalue weighted by Crippen LogP contribution is -2.46. The Kier molecular flexibility index (Phi) is 4.43. The molecular weight excluding hydrogens is 373 g/mol. The molecule has 146 valence electrons. The standard InChI is InChI=1S/C13H19F3O8S/c1-11(2)19-5-6(21-11)7-8(24-25(17,18)13(14,15)16)9-10(20-7)23-12(3,4)22-9/h6-10H,5H2,1-4H3/t6-,7+,8-,9-,10-/m1/s1. The lowest BCUT2D eigenvalue weighted by molar-refractivity contribution is -0.230. The van der Waals surface area contributed by atoms with Crippen molar-refractivity contribution in [3.05, 3.63) is 0 Å². The predicted molar refractivity (Wildman–Crippen MR) is 73.4 cm³/mol. The number of alkyl halides is 3. The van der Waals surface area contributed by atoms with Crippen molar-refractivity contribution in [1.82, 2.24) is 0 Å². The molecule has 0 amide bonds. The summed E-state index contributed by atoms with van der Waals surface area (Å²) in [4.78, 5) is 0. The van der Waals surface area contributed by atoms with Gasteiger partial charge in [0.25, 0.3) is 0 Å². The van der Waals surface area contributed by atoms with Crippen LogP contribution in [-0.2, 0) is 38.0 Å². The molecule has 25 heavy (non-hydrogen) atoms. The van der Waals surface area contributed by atoms with Gasteiger partial charge in [0.05, 0.1) is 6.61 Å². The Bertz CT molecular complexity index is 632. The zero-order valence-corrected chi connectivity index (χ0v) is 14.7. The van der Waals surface area contributed by atoms with Gasteiger partial charge in [-0.2, -0.15) is 21.6 Å². The Balaban J connectivity index is 1.86. The summed E-state index contributed by atoms with van der Waals surface area (Å²) in [6.07, 6.45) is -5.86. The highest BCUT2D eigenvalue weighted by Crippen LogP contribution is 2.43. The average Bonchev–Trinajstić information content (AvgIpc) is 2.99. The SMILES string of the molecule is CC1(C)O[C@H]2O[C@@H]([C@H]3COC(C)(C)O3)[C@@H](OS(=O)(=O)C(F)(F)F)[C@H]2O1. The Morgan fingerprint density at radius 2 is 1.64 bits per heavy atom. The molecule has 0 radical (unpaired) electrons. The normalized spacial score (nSPS) is 40.4. The summed E-state index contributed by atoms with van der Waals surface area (Å²) < 4.78 is 93.0. The predicted octanol–water partition coefficient (Wildman–Crippen LogP) is 1.25. The van der Waals surface area contributed by atoms with Crippen molar-refractivity contribution in [3.63, 3.8) is 0 Å². The minimum absolute atomic E-state index is 0.00751. The van der Waals surface area contributed by atoms with E-state index in [1.807, 2.05) is 0 Å². The third-order valence-corrected chi connectivity index (χ3v) is 4.99. The molecule has 3 aliphatic heterocycles. The second-order valence-corrected chi connectivity index (χ2v) is 8.46. The van der Waals surface area contributed by atoms with Crippen molar-refractivity contribution < 1.29 is 49.5 Å². The molecule has 3 aliphatic rings. The van der Waals surface area contributed by atoms with Gasteiger partial charge in [-0.15, -0.1) is 0 Å². The van der Waals surface area contributed by atoms with Crippen LogP contribution in [0.15, 0.2) is 0 Å². The van der Waals surface area contributed by atoms with Crippen molar-refractivity contribution in [3.8, 4) is 0 Å². The summed E-state index contributed by atoms with van der Waals surface area (Å²) in [6, 6.07) is 0. The number of halogens is 3. The summed E-state index contributed by atoms with van der Waals surface area (Å²) in [5.74, 6) is -2.14. The van der Waals surface area contributed by atoms with E-state index in [0.717, 1.165) is 0 Å². The molecule has 3 saturated heterocycles. The van der Waals surface area contributed by atoms with Gasteiger partial charge in [0, 0.05) is 0 Å². The van der Waals surface area contributed by atoms with Crippen LogP contribution in [0.25, 0.3) is 0 Å². The van der Waals surface area contributed by atoms with Crippen LogP contribution in [-0.4, -0.2) is 62.8 Å². The molecule has 0 aromatic heterocycles. The van der Waals surface area contributed by atoms with Crippen LogP contribution >= 0.6 is 0 Å². The second kappa shape index (κ2) is 5.75. The van der Waals surface area contributed by atoms with E-state index in [0.29, 0.717) is 0 Å². The average molecular weight is 392 g/mol. The highest BCUT2D eigenvalue weighted by atomic mass is 32.2. The second-order valence-electron chi connectivity index (χ2n) is 6.90. The van der Waals surface area contributed by atoms with E-state index < -0.39 is 57.9 Å². The van der Waals surface area contributed by atoms with Crippen LogP contribution in [0.3, 0.4) is 0 Å². The van der Waals surface area contributed by atoms with Crippen molar-refractivity contribution in [1.29, 1.82) is 0 Å². The van der Waals surface area contributed by atoms with Gasteiger partial charge in [-0.05, 0) is 27.7 Å². The van der Waals surface area contributed by atoms with Crippen molar-refractivity contribution in [2.75, 3.05) is 6.61 Å². The van der Waals surface area contributed by atoms with Crippen LogP contribution in [0.2, 0.25) is 0 Å². The highest BCUT2D eigenvalue weighted by Gasteiger charge is 2.62. The van der Waals surface area contributed by atoms with Crippen LogP contribution in [0.4, 0.5) is 13.2 Å². The molecule has 8 nitrogen and oxygen atoms in total. The van der Waals surface area contributed by atoms with Crippen LogP contribution in [0.1, 0.15) is 27.7 Å².